The Morgan fingerprint density at radius 3 is 1.84 bits per heavy atom. The van der Waals surface area contributed by atoms with Gasteiger partial charge in [-0.15, -0.1) is 0 Å². The SMILES string of the molecule is CCCC[C@@H](COC(=O)N(Cc1ccc(OC)cc1)Cc1ccc(OC)cc1)NC(=O)O. The fraction of sp³-hybridized carbons (Fsp3) is 0.417. The van der Waals surface area contributed by atoms with Gasteiger partial charge in [0, 0.05) is 13.1 Å². The number of nitrogens with one attached hydrogen (secondary N) is 1. The molecule has 174 valence electrons. The highest BCUT2D eigenvalue weighted by atomic mass is 16.6. The molecule has 1 atom stereocenters. The molecule has 0 aromatic heterocycles. The van der Waals surface area contributed by atoms with Crippen molar-refractivity contribution in [3.8, 4) is 11.5 Å². The minimum Gasteiger partial charge on any atom is -0.497 e. The van der Waals surface area contributed by atoms with Crippen LogP contribution in [0.3, 0.4) is 0 Å². The Kier molecular flexibility index (Phi) is 10.2. The van der Waals surface area contributed by atoms with Crippen LogP contribution >= 0.6 is 0 Å². The van der Waals surface area contributed by atoms with Gasteiger partial charge < -0.3 is 24.6 Å². The van der Waals surface area contributed by atoms with E-state index < -0.39 is 18.2 Å². The molecule has 0 bridgehead atoms. The highest BCUT2D eigenvalue weighted by Gasteiger charge is 2.20. The summed E-state index contributed by atoms with van der Waals surface area (Å²) in [7, 11) is 3.20. The van der Waals surface area contributed by atoms with Gasteiger partial charge in [0.1, 0.15) is 18.1 Å². The number of rotatable bonds is 12. The molecule has 0 spiro atoms. The van der Waals surface area contributed by atoms with Gasteiger partial charge >= 0.3 is 12.2 Å². The van der Waals surface area contributed by atoms with Crippen molar-refractivity contribution in [3.05, 3.63) is 59.7 Å². The first kappa shape index (κ1) is 24.8. The van der Waals surface area contributed by atoms with Gasteiger partial charge in [-0.05, 0) is 41.8 Å². The molecule has 2 N–H and O–H groups in total. The lowest BCUT2D eigenvalue weighted by Gasteiger charge is -2.24. The number of ether oxygens (including phenoxy) is 3. The van der Waals surface area contributed by atoms with Crippen LogP contribution in [0.1, 0.15) is 37.3 Å². The Bertz CT molecular complexity index is 789. The molecule has 0 heterocycles. The summed E-state index contributed by atoms with van der Waals surface area (Å²) in [5.41, 5.74) is 1.84. The van der Waals surface area contributed by atoms with Crippen LogP contribution in [-0.4, -0.2) is 49.1 Å². The van der Waals surface area contributed by atoms with E-state index in [-0.39, 0.29) is 6.61 Å². The molecule has 0 aliphatic heterocycles. The first-order valence-electron chi connectivity index (χ1n) is 10.6. The molecule has 0 aliphatic carbocycles. The summed E-state index contributed by atoms with van der Waals surface area (Å²) in [5.74, 6) is 1.47. The first-order valence-corrected chi connectivity index (χ1v) is 10.6. The van der Waals surface area contributed by atoms with Crippen LogP contribution in [0.25, 0.3) is 0 Å². The highest BCUT2D eigenvalue weighted by Crippen LogP contribution is 2.18. The van der Waals surface area contributed by atoms with Crippen LogP contribution in [0.4, 0.5) is 9.59 Å². The number of carbonyl (C=O) groups is 2. The topological polar surface area (TPSA) is 97.3 Å². The molecule has 0 radical (unpaired) electrons. The maximum atomic E-state index is 12.9. The number of amides is 2. The molecule has 0 unspecified atom stereocenters. The Hall–Kier alpha value is -3.42. The summed E-state index contributed by atoms with van der Waals surface area (Å²) in [6, 6.07) is 14.5. The zero-order valence-corrected chi connectivity index (χ0v) is 18.9. The predicted octanol–water partition coefficient (Wildman–Crippen LogP) is 4.67. The molecule has 2 rings (SSSR count). The van der Waals surface area contributed by atoms with E-state index in [1.807, 2.05) is 55.5 Å². The van der Waals surface area contributed by atoms with Crippen molar-refractivity contribution in [1.29, 1.82) is 0 Å². The number of carbonyl (C=O) groups excluding carboxylic acids is 1. The minimum absolute atomic E-state index is 0.0210. The van der Waals surface area contributed by atoms with E-state index in [1.165, 1.54) is 0 Å². The van der Waals surface area contributed by atoms with Crippen molar-refractivity contribution >= 4 is 12.2 Å². The minimum atomic E-state index is -1.13. The number of hydrogen-bond donors (Lipinski definition) is 2. The van der Waals surface area contributed by atoms with Gasteiger partial charge in [0.15, 0.2) is 0 Å². The summed E-state index contributed by atoms with van der Waals surface area (Å²) in [6.07, 6.45) is 0.727. The number of unbranched alkanes of at least 4 members (excludes halogenated alkanes) is 1. The fourth-order valence-electron chi connectivity index (χ4n) is 3.17. The van der Waals surface area contributed by atoms with Gasteiger partial charge in [-0.1, -0.05) is 44.0 Å². The second-order valence-electron chi connectivity index (χ2n) is 7.42. The molecule has 0 saturated heterocycles. The van der Waals surface area contributed by atoms with Crippen molar-refractivity contribution in [2.45, 2.75) is 45.3 Å². The lowest BCUT2D eigenvalue weighted by molar-refractivity contribution is 0.0857. The summed E-state index contributed by atoms with van der Waals surface area (Å²) in [5, 5.41) is 11.5. The summed E-state index contributed by atoms with van der Waals surface area (Å²) >= 11 is 0. The molecule has 2 aromatic carbocycles. The average molecular weight is 445 g/mol. The quantitative estimate of drug-likeness (QED) is 0.494. The van der Waals surface area contributed by atoms with E-state index >= 15 is 0 Å². The first-order chi connectivity index (χ1) is 15.4. The monoisotopic (exact) mass is 444 g/mol. The van der Waals surface area contributed by atoms with Gasteiger partial charge in [-0.2, -0.15) is 0 Å². The number of benzene rings is 2. The molecule has 8 heteroatoms. The lowest BCUT2D eigenvalue weighted by Crippen LogP contribution is -2.40. The zero-order chi connectivity index (χ0) is 23.3. The van der Waals surface area contributed by atoms with Gasteiger partial charge in [-0.3, -0.25) is 4.90 Å². The predicted molar refractivity (Wildman–Crippen MR) is 121 cm³/mol. The van der Waals surface area contributed by atoms with Crippen molar-refractivity contribution in [2.75, 3.05) is 20.8 Å². The van der Waals surface area contributed by atoms with Crippen LogP contribution in [0.2, 0.25) is 0 Å². The molecule has 2 aromatic rings. The number of hydrogen-bond acceptors (Lipinski definition) is 5. The summed E-state index contributed by atoms with van der Waals surface area (Å²) in [4.78, 5) is 25.6. The third kappa shape index (κ3) is 8.37. The van der Waals surface area contributed by atoms with Crippen molar-refractivity contribution in [3.63, 3.8) is 0 Å². The Labute approximate surface area is 189 Å². The highest BCUT2D eigenvalue weighted by molar-refractivity contribution is 5.68. The van der Waals surface area contributed by atoms with Gasteiger partial charge in [0.25, 0.3) is 0 Å². The lowest BCUT2D eigenvalue weighted by atomic mass is 10.1. The second-order valence-corrected chi connectivity index (χ2v) is 7.42. The molecule has 8 nitrogen and oxygen atoms in total. The third-order valence-electron chi connectivity index (χ3n) is 4.96. The fourth-order valence-corrected chi connectivity index (χ4v) is 3.17. The van der Waals surface area contributed by atoms with Crippen LogP contribution in [0.5, 0.6) is 11.5 Å². The Balaban J connectivity index is 2.11. The third-order valence-corrected chi connectivity index (χ3v) is 4.96. The summed E-state index contributed by atoms with van der Waals surface area (Å²) < 4.78 is 15.9. The smallest absolute Gasteiger partial charge is 0.410 e. The van der Waals surface area contributed by atoms with Crippen LogP contribution in [-0.2, 0) is 17.8 Å². The largest absolute Gasteiger partial charge is 0.497 e. The zero-order valence-electron chi connectivity index (χ0n) is 18.9. The number of nitrogens with zero attached hydrogens (tertiary/aromatic N) is 1. The molecular formula is C24H32N2O6. The average Bonchev–Trinajstić information content (AvgIpc) is 2.80. The molecule has 32 heavy (non-hydrogen) atoms. The van der Waals surface area contributed by atoms with E-state index in [0.29, 0.717) is 19.5 Å². The number of carboxylic acid groups (broad SMARTS) is 1. The van der Waals surface area contributed by atoms with E-state index in [4.69, 9.17) is 19.3 Å². The molecule has 2 amide bonds. The molecule has 0 aliphatic rings. The van der Waals surface area contributed by atoms with Gasteiger partial charge in [0.2, 0.25) is 0 Å². The molecular weight excluding hydrogens is 412 g/mol. The Morgan fingerprint density at radius 1 is 0.938 bits per heavy atom. The second kappa shape index (κ2) is 13.1. The molecule has 0 fully saturated rings. The maximum Gasteiger partial charge on any atom is 0.410 e. The van der Waals surface area contributed by atoms with Crippen LogP contribution < -0.4 is 14.8 Å². The standard InChI is InChI=1S/C24H32N2O6/c1-4-5-6-20(25-23(27)28)17-32-24(29)26(15-18-7-11-21(30-2)12-8-18)16-19-9-13-22(31-3)14-10-19/h7-14,20,25H,4-6,15-17H2,1-3H3,(H,27,28)/t20-/m0/s1. The van der Waals surface area contributed by atoms with Crippen molar-refractivity contribution in [2.24, 2.45) is 0 Å². The van der Waals surface area contributed by atoms with Crippen molar-refractivity contribution in [1.82, 2.24) is 10.2 Å². The van der Waals surface area contributed by atoms with E-state index in [9.17, 15) is 9.59 Å². The van der Waals surface area contributed by atoms with Gasteiger partial charge in [-0.25, -0.2) is 9.59 Å². The maximum absolute atomic E-state index is 12.9. The normalized spacial score (nSPS) is 11.3. The van der Waals surface area contributed by atoms with E-state index in [1.54, 1.807) is 19.1 Å². The molecule has 0 saturated carbocycles. The van der Waals surface area contributed by atoms with Gasteiger partial charge in [0.05, 0.1) is 20.3 Å². The number of methoxy groups -OCH3 is 2. The Morgan fingerprint density at radius 2 is 1.44 bits per heavy atom. The summed E-state index contributed by atoms with van der Waals surface area (Å²) in [6.45, 7) is 2.67. The van der Waals surface area contributed by atoms with E-state index in [0.717, 1.165) is 35.5 Å². The van der Waals surface area contributed by atoms with Crippen molar-refractivity contribution < 1.29 is 28.9 Å². The van der Waals surface area contributed by atoms with Crippen LogP contribution in [0.15, 0.2) is 48.5 Å². The van der Waals surface area contributed by atoms with E-state index in [2.05, 4.69) is 5.32 Å². The van der Waals surface area contributed by atoms with Crippen LogP contribution in [0, 0.1) is 0 Å².